The summed E-state index contributed by atoms with van der Waals surface area (Å²) in [4.78, 5) is 0. The van der Waals surface area contributed by atoms with Crippen LogP contribution in [0.1, 0.15) is 24.5 Å². The number of rotatable bonds is 1. The molecule has 0 saturated carbocycles. The smallest absolute Gasteiger partial charge is 0.398 e. The Hall–Kier alpha value is -2.48. The maximum Gasteiger partial charge on any atom is 0.418 e. The van der Waals surface area contributed by atoms with Crippen LogP contribution in [0.25, 0.3) is 5.57 Å². The molecule has 21 heavy (non-hydrogen) atoms. The SMILES string of the molecule is CC#N.Nc1ccc(C2=CC=CCC=C2)cc1C(F)(F)F. The highest BCUT2D eigenvalue weighted by atomic mass is 19.4. The summed E-state index contributed by atoms with van der Waals surface area (Å²) >= 11 is 0. The number of allylic oxidation sites excluding steroid dienone is 6. The summed E-state index contributed by atoms with van der Waals surface area (Å²) < 4.78 is 38.2. The summed E-state index contributed by atoms with van der Waals surface area (Å²) in [6.45, 7) is 1.43. The van der Waals surface area contributed by atoms with Gasteiger partial charge < -0.3 is 5.73 Å². The fraction of sp³-hybridized carbons (Fsp3) is 0.188. The molecular formula is C16H15F3N2. The molecule has 1 aliphatic rings. The summed E-state index contributed by atoms with van der Waals surface area (Å²) in [6.07, 6.45) is 5.62. The van der Waals surface area contributed by atoms with Crippen molar-refractivity contribution in [3.8, 4) is 6.07 Å². The number of nitriles is 1. The first-order valence-corrected chi connectivity index (χ1v) is 6.21. The van der Waals surface area contributed by atoms with Crippen molar-refractivity contribution in [3.05, 3.63) is 59.7 Å². The Morgan fingerprint density at radius 2 is 1.90 bits per heavy atom. The van der Waals surface area contributed by atoms with Crippen LogP contribution in [0.5, 0.6) is 0 Å². The molecule has 2 nitrogen and oxygen atoms in total. The molecule has 1 aromatic rings. The predicted octanol–water partition coefficient (Wildman–Crippen LogP) is 4.72. The minimum atomic E-state index is -4.43. The Kier molecular flexibility index (Phi) is 5.79. The average Bonchev–Trinajstić information content (AvgIpc) is 2.68. The van der Waals surface area contributed by atoms with E-state index in [1.54, 1.807) is 18.2 Å². The molecule has 0 heterocycles. The fourth-order valence-electron chi connectivity index (χ4n) is 1.75. The molecule has 0 bridgehead atoms. The second-order valence-corrected chi connectivity index (χ2v) is 4.21. The number of halogens is 3. The molecule has 0 saturated heterocycles. The Bertz CT molecular complexity index is 617. The Balaban J connectivity index is 0.000000677. The zero-order valence-corrected chi connectivity index (χ0v) is 11.5. The number of alkyl halides is 3. The first kappa shape index (κ1) is 16.6. The molecule has 0 aromatic heterocycles. The molecular weight excluding hydrogens is 277 g/mol. The van der Waals surface area contributed by atoms with Gasteiger partial charge in [0.05, 0.1) is 11.6 Å². The number of nitrogens with zero attached hydrogens (tertiary/aromatic N) is 1. The summed E-state index contributed by atoms with van der Waals surface area (Å²) in [5.41, 5.74) is 5.58. The third kappa shape index (κ3) is 4.84. The monoisotopic (exact) mass is 292 g/mol. The maximum atomic E-state index is 12.7. The first-order valence-electron chi connectivity index (χ1n) is 6.21. The minimum absolute atomic E-state index is 0.250. The Labute approximate surface area is 121 Å². The van der Waals surface area contributed by atoms with Crippen molar-refractivity contribution >= 4 is 11.3 Å². The number of benzene rings is 1. The second-order valence-electron chi connectivity index (χ2n) is 4.21. The van der Waals surface area contributed by atoms with Crippen molar-refractivity contribution < 1.29 is 13.2 Å². The lowest BCUT2D eigenvalue weighted by molar-refractivity contribution is -0.136. The minimum Gasteiger partial charge on any atom is -0.398 e. The quantitative estimate of drug-likeness (QED) is 0.761. The fourth-order valence-corrected chi connectivity index (χ4v) is 1.75. The van der Waals surface area contributed by atoms with Gasteiger partial charge in [0, 0.05) is 12.6 Å². The highest BCUT2D eigenvalue weighted by Crippen LogP contribution is 2.35. The maximum absolute atomic E-state index is 12.7. The van der Waals surface area contributed by atoms with E-state index in [4.69, 9.17) is 11.0 Å². The van der Waals surface area contributed by atoms with E-state index < -0.39 is 11.7 Å². The highest BCUT2D eigenvalue weighted by molar-refractivity contribution is 5.77. The molecule has 0 spiro atoms. The van der Waals surface area contributed by atoms with Gasteiger partial charge >= 0.3 is 6.18 Å². The van der Waals surface area contributed by atoms with E-state index in [2.05, 4.69) is 0 Å². The number of anilines is 1. The van der Waals surface area contributed by atoms with Crippen LogP contribution in [0.2, 0.25) is 0 Å². The van der Waals surface area contributed by atoms with E-state index in [0.29, 0.717) is 5.56 Å². The van der Waals surface area contributed by atoms with E-state index in [-0.39, 0.29) is 5.69 Å². The number of hydrogen-bond acceptors (Lipinski definition) is 2. The molecule has 1 aliphatic carbocycles. The Morgan fingerprint density at radius 1 is 1.24 bits per heavy atom. The van der Waals surface area contributed by atoms with Crippen LogP contribution < -0.4 is 5.73 Å². The van der Waals surface area contributed by atoms with Crippen molar-refractivity contribution in [2.24, 2.45) is 0 Å². The van der Waals surface area contributed by atoms with Gasteiger partial charge in [0.25, 0.3) is 0 Å². The molecule has 0 atom stereocenters. The molecule has 0 unspecified atom stereocenters. The van der Waals surface area contributed by atoms with Crippen LogP contribution in [0, 0.1) is 11.3 Å². The summed E-state index contributed by atoms with van der Waals surface area (Å²) in [5.74, 6) is 0. The molecule has 1 aromatic carbocycles. The molecule has 0 amide bonds. The van der Waals surface area contributed by atoms with Crippen LogP contribution in [0.4, 0.5) is 18.9 Å². The molecule has 2 N–H and O–H groups in total. The number of nitrogen functional groups attached to an aromatic ring is 1. The van der Waals surface area contributed by atoms with Gasteiger partial charge in [0.15, 0.2) is 0 Å². The van der Waals surface area contributed by atoms with E-state index in [1.807, 2.05) is 24.3 Å². The van der Waals surface area contributed by atoms with Gasteiger partial charge in [-0.15, -0.1) is 0 Å². The molecule has 0 radical (unpaired) electrons. The zero-order valence-electron chi connectivity index (χ0n) is 11.5. The van der Waals surface area contributed by atoms with Gasteiger partial charge in [-0.1, -0.05) is 36.4 Å². The van der Waals surface area contributed by atoms with E-state index in [9.17, 15) is 13.2 Å². The van der Waals surface area contributed by atoms with Gasteiger partial charge in [-0.25, -0.2) is 0 Å². The van der Waals surface area contributed by atoms with Crippen LogP contribution in [0.3, 0.4) is 0 Å². The standard InChI is InChI=1S/C14H12F3N.C2H3N/c15-14(16,17)12-9-11(7-8-13(12)18)10-5-3-1-2-4-6-10;1-2-3/h1,3-9H,2,18H2;1H3. The summed E-state index contributed by atoms with van der Waals surface area (Å²) in [6, 6.07) is 5.73. The van der Waals surface area contributed by atoms with Crippen molar-refractivity contribution in [1.29, 1.82) is 5.26 Å². The lowest BCUT2D eigenvalue weighted by Gasteiger charge is -2.12. The van der Waals surface area contributed by atoms with Crippen LogP contribution >= 0.6 is 0 Å². The third-order valence-electron chi connectivity index (χ3n) is 2.67. The summed E-state index contributed by atoms with van der Waals surface area (Å²) in [5, 5.41) is 7.32. The van der Waals surface area contributed by atoms with E-state index in [0.717, 1.165) is 18.1 Å². The predicted molar refractivity (Wildman–Crippen MR) is 78.0 cm³/mol. The van der Waals surface area contributed by atoms with E-state index >= 15 is 0 Å². The molecule has 5 heteroatoms. The van der Waals surface area contributed by atoms with Gasteiger partial charge in [0.1, 0.15) is 0 Å². The number of nitrogens with two attached hydrogens (primary N) is 1. The summed E-state index contributed by atoms with van der Waals surface area (Å²) in [7, 11) is 0. The first-order chi connectivity index (χ1) is 9.90. The average molecular weight is 292 g/mol. The topological polar surface area (TPSA) is 49.8 Å². The molecule has 110 valence electrons. The van der Waals surface area contributed by atoms with Crippen LogP contribution in [0.15, 0.2) is 48.6 Å². The van der Waals surface area contributed by atoms with Crippen LogP contribution in [-0.2, 0) is 6.18 Å². The van der Waals surface area contributed by atoms with Gasteiger partial charge in [-0.2, -0.15) is 18.4 Å². The van der Waals surface area contributed by atoms with Crippen molar-refractivity contribution in [1.82, 2.24) is 0 Å². The molecule has 0 fully saturated rings. The highest BCUT2D eigenvalue weighted by Gasteiger charge is 2.33. The van der Waals surface area contributed by atoms with Crippen molar-refractivity contribution in [3.63, 3.8) is 0 Å². The lowest BCUT2D eigenvalue weighted by Crippen LogP contribution is -2.09. The largest absolute Gasteiger partial charge is 0.418 e. The third-order valence-corrected chi connectivity index (χ3v) is 2.67. The van der Waals surface area contributed by atoms with Crippen LogP contribution in [-0.4, -0.2) is 0 Å². The van der Waals surface area contributed by atoms with Gasteiger partial charge in [-0.3, -0.25) is 0 Å². The van der Waals surface area contributed by atoms with Gasteiger partial charge in [0.2, 0.25) is 0 Å². The number of hydrogen-bond donors (Lipinski definition) is 1. The lowest BCUT2D eigenvalue weighted by atomic mass is 10.0. The zero-order chi connectivity index (χ0) is 15.9. The van der Waals surface area contributed by atoms with Gasteiger partial charge in [-0.05, 0) is 29.7 Å². The molecule has 2 rings (SSSR count). The van der Waals surface area contributed by atoms with Crippen molar-refractivity contribution in [2.75, 3.05) is 5.73 Å². The molecule has 0 aliphatic heterocycles. The van der Waals surface area contributed by atoms with E-state index in [1.165, 1.54) is 13.0 Å². The normalized spacial score (nSPS) is 13.6. The Morgan fingerprint density at radius 3 is 2.52 bits per heavy atom. The second kappa shape index (κ2) is 7.34. The van der Waals surface area contributed by atoms with Crippen molar-refractivity contribution in [2.45, 2.75) is 19.5 Å².